The van der Waals surface area contributed by atoms with Crippen LogP contribution in [0.25, 0.3) is 0 Å². The summed E-state index contributed by atoms with van der Waals surface area (Å²) in [6.07, 6.45) is 0.683. The van der Waals surface area contributed by atoms with Gasteiger partial charge in [0.1, 0.15) is 6.04 Å². The van der Waals surface area contributed by atoms with Crippen molar-refractivity contribution in [1.29, 1.82) is 0 Å². The number of carboxylic acids is 1. The monoisotopic (exact) mass is 244 g/mol. The van der Waals surface area contributed by atoms with Crippen molar-refractivity contribution in [2.75, 3.05) is 0 Å². The molecule has 1 unspecified atom stereocenters. The summed E-state index contributed by atoms with van der Waals surface area (Å²) in [4.78, 5) is 22.9. The van der Waals surface area contributed by atoms with Crippen LogP contribution < -0.4 is 11.1 Å². The van der Waals surface area contributed by atoms with Crippen molar-refractivity contribution >= 4 is 11.9 Å². The van der Waals surface area contributed by atoms with Crippen molar-refractivity contribution in [3.63, 3.8) is 0 Å². The fourth-order valence-corrected chi connectivity index (χ4v) is 1.32. The predicted molar refractivity (Wildman–Crippen MR) is 66.5 cm³/mol. The van der Waals surface area contributed by atoms with Crippen molar-refractivity contribution in [3.05, 3.63) is 0 Å². The molecule has 5 nitrogen and oxygen atoms in total. The lowest BCUT2D eigenvalue weighted by atomic mass is 9.86. The Morgan fingerprint density at radius 1 is 1.35 bits per heavy atom. The first-order valence-electron chi connectivity index (χ1n) is 5.90. The molecule has 0 aromatic heterocycles. The average molecular weight is 244 g/mol. The van der Waals surface area contributed by atoms with Gasteiger partial charge in [0.05, 0.1) is 6.04 Å². The molecule has 0 saturated heterocycles. The largest absolute Gasteiger partial charge is 0.480 e. The normalized spacial score (nSPS) is 17.1. The van der Waals surface area contributed by atoms with Crippen molar-refractivity contribution in [1.82, 2.24) is 5.32 Å². The Kier molecular flexibility index (Phi) is 5.61. The summed E-state index contributed by atoms with van der Waals surface area (Å²) < 4.78 is 0. The van der Waals surface area contributed by atoms with Gasteiger partial charge in [-0.25, -0.2) is 4.79 Å². The molecule has 0 aliphatic heterocycles. The third-order valence-electron chi connectivity index (χ3n) is 2.99. The summed E-state index contributed by atoms with van der Waals surface area (Å²) >= 11 is 0. The van der Waals surface area contributed by atoms with Gasteiger partial charge >= 0.3 is 5.97 Å². The maximum absolute atomic E-state index is 11.8. The third-order valence-corrected chi connectivity index (χ3v) is 2.99. The molecule has 0 aliphatic carbocycles. The van der Waals surface area contributed by atoms with E-state index in [1.54, 1.807) is 6.92 Å². The smallest absolute Gasteiger partial charge is 0.326 e. The van der Waals surface area contributed by atoms with Gasteiger partial charge in [0.15, 0.2) is 0 Å². The van der Waals surface area contributed by atoms with Crippen molar-refractivity contribution in [2.24, 2.45) is 17.1 Å². The van der Waals surface area contributed by atoms with Crippen LogP contribution in [0.5, 0.6) is 0 Å². The first-order chi connectivity index (χ1) is 7.61. The van der Waals surface area contributed by atoms with Crippen molar-refractivity contribution < 1.29 is 14.7 Å². The SMILES string of the molecule is CCC(C)[C@H](NC(=O)[C@H](N)C(C)(C)C)C(=O)O. The number of nitrogens with two attached hydrogens (primary N) is 1. The molecular weight excluding hydrogens is 220 g/mol. The molecular formula is C12H24N2O3. The van der Waals surface area contributed by atoms with Crippen LogP contribution in [-0.2, 0) is 9.59 Å². The summed E-state index contributed by atoms with van der Waals surface area (Å²) in [5.74, 6) is -1.55. The lowest BCUT2D eigenvalue weighted by Crippen LogP contribution is -2.54. The molecule has 0 saturated carbocycles. The van der Waals surface area contributed by atoms with Crippen LogP contribution in [0.4, 0.5) is 0 Å². The highest BCUT2D eigenvalue weighted by Gasteiger charge is 2.32. The van der Waals surface area contributed by atoms with Crippen LogP contribution in [-0.4, -0.2) is 29.1 Å². The molecule has 0 aromatic rings. The Hall–Kier alpha value is -1.10. The number of carbonyl (C=O) groups is 2. The second kappa shape index (κ2) is 6.00. The van der Waals surface area contributed by atoms with Gasteiger partial charge in [-0.1, -0.05) is 41.0 Å². The molecule has 0 aromatic carbocycles. The molecule has 3 atom stereocenters. The first kappa shape index (κ1) is 15.9. The van der Waals surface area contributed by atoms with Crippen molar-refractivity contribution in [2.45, 2.75) is 53.1 Å². The quantitative estimate of drug-likeness (QED) is 0.672. The van der Waals surface area contributed by atoms with Gasteiger partial charge in [0.2, 0.25) is 5.91 Å². The molecule has 100 valence electrons. The number of carbonyl (C=O) groups excluding carboxylic acids is 1. The maximum atomic E-state index is 11.8. The highest BCUT2D eigenvalue weighted by molar-refractivity contribution is 5.87. The van der Waals surface area contributed by atoms with Crippen LogP contribution in [0, 0.1) is 11.3 Å². The number of amides is 1. The van der Waals surface area contributed by atoms with Crippen LogP contribution in [0.15, 0.2) is 0 Å². The molecule has 0 fully saturated rings. The Bertz CT molecular complexity index is 284. The minimum Gasteiger partial charge on any atom is -0.480 e. The number of aliphatic carboxylic acids is 1. The van der Waals surface area contributed by atoms with E-state index in [9.17, 15) is 9.59 Å². The maximum Gasteiger partial charge on any atom is 0.326 e. The zero-order valence-corrected chi connectivity index (χ0v) is 11.3. The highest BCUT2D eigenvalue weighted by atomic mass is 16.4. The van der Waals surface area contributed by atoms with E-state index in [0.29, 0.717) is 6.42 Å². The van der Waals surface area contributed by atoms with Gasteiger partial charge in [-0.3, -0.25) is 4.79 Å². The first-order valence-corrected chi connectivity index (χ1v) is 5.90. The fourth-order valence-electron chi connectivity index (χ4n) is 1.32. The lowest BCUT2D eigenvalue weighted by Gasteiger charge is -2.28. The van der Waals surface area contributed by atoms with Gasteiger partial charge in [0.25, 0.3) is 0 Å². The molecule has 0 spiro atoms. The molecule has 0 bridgehead atoms. The Morgan fingerprint density at radius 2 is 1.82 bits per heavy atom. The Labute approximate surface area is 103 Å². The molecule has 0 rings (SSSR count). The van der Waals surface area contributed by atoms with E-state index in [4.69, 9.17) is 10.8 Å². The topological polar surface area (TPSA) is 92.4 Å². The van der Waals surface area contributed by atoms with E-state index in [2.05, 4.69) is 5.32 Å². The van der Waals surface area contributed by atoms with Crippen LogP contribution in [0.2, 0.25) is 0 Å². The zero-order chi connectivity index (χ0) is 13.8. The number of carboxylic acid groups (broad SMARTS) is 1. The van der Waals surface area contributed by atoms with Crippen LogP contribution in [0.1, 0.15) is 41.0 Å². The van der Waals surface area contributed by atoms with E-state index in [0.717, 1.165) is 0 Å². The molecule has 0 radical (unpaired) electrons. The molecule has 17 heavy (non-hydrogen) atoms. The van der Waals surface area contributed by atoms with E-state index in [1.165, 1.54) is 0 Å². The van der Waals surface area contributed by atoms with E-state index >= 15 is 0 Å². The van der Waals surface area contributed by atoms with E-state index in [-0.39, 0.29) is 11.3 Å². The highest BCUT2D eigenvalue weighted by Crippen LogP contribution is 2.18. The summed E-state index contributed by atoms with van der Waals surface area (Å²) in [6.45, 7) is 9.21. The summed E-state index contributed by atoms with van der Waals surface area (Å²) in [5, 5.41) is 11.6. The molecule has 0 aliphatic rings. The standard InChI is InChI=1S/C12H24N2O3/c1-6-7(2)8(11(16)17)14-10(15)9(13)12(3,4)5/h7-9H,6,13H2,1-5H3,(H,14,15)(H,16,17)/t7?,8-,9-/m0/s1. The van der Waals surface area contributed by atoms with Crippen molar-refractivity contribution in [3.8, 4) is 0 Å². The molecule has 4 N–H and O–H groups in total. The summed E-state index contributed by atoms with van der Waals surface area (Å²) in [7, 11) is 0. The second-order valence-corrected chi connectivity index (χ2v) is 5.55. The van der Waals surface area contributed by atoms with Gasteiger partial charge in [-0.15, -0.1) is 0 Å². The van der Waals surface area contributed by atoms with Crippen LogP contribution in [0.3, 0.4) is 0 Å². The van der Waals surface area contributed by atoms with Crippen LogP contribution >= 0.6 is 0 Å². The summed E-state index contributed by atoms with van der Waals surface area (Å²) in [5.41, 5.74) is 5.39. The number of nitrogens with one attached hydrogen (secondary N) is 1. The Balaban J connectivity index is 4.68. The number of hydrogen-bond donors (Lipinski definition) is 3. The molecule has 1 amide bonds. The number of rotatable bonds is 5. The minimum absolute atomic E-state index is 0.122. The molecule has 5 heteroatoms. The van der Waals surface area contributed by atoms with Gasteiger partial charge in [-0.05, 0) is 11.3 Å². The Morgan fingerprint density at radius 3 is 2.12 bits per heavy atom. The van der Waals surface area contributed by atoms with Gasteiger partial charge in [-0.2, -0.15) is 0 Å². The molecule has 0 heterocycles. The van der Waals surface area contributed by atoms with Gasteiger partial charge in [0, 0.05) is 0 Å². The zero-order valence-electron chi connectivity index (χ0n) is 11.3. The fraction of sp³-hybridized carbons (Fsp3) is 0.833. The lowest BCUT2D eigenvalue weighted by molar-refractivity contribution is -0.143. The minimum atomic E-state index is -1.02. The average Bonchev–Trinajstić information content (AvgIpc) is 2.21. The number of hydrogen-bond acceptors (Lipinski definition) is 3. The third kappa shape index (κ3) is 4.73. The van der Waals surface area contributed by atoms with E-state index in [1.807, 2.05) is 27.7 Å². The second-order valence-electron chi connectivity index (χ2n) is 5.55. The van der Waals surface area contributed by atoms with E-state index < -0.39 is 24.0 Å². The summed E-state index contributed by atoms with van der Waals surface area (Å²) in [6, 6.07) is -1.59. The van der Waals surface area contributed by atoms with Gasteiger partial charge < -0.3 is 16.2 Å². The predicted octanol–water partition coefficient (Wildman–Crippen LogP) is 0.975.